The average molecular weight is 257 g/mol. The lowest BCUT2D eigenvalue weighted by Gasteiger charge is -2.08. The Balaban J connectivity index is 2.17. The molecule has 0 aromatic heterocycles. The van der Waals surface area contributed by atoms with Crippen LogP contribution in [0.1, 0.15) is 5.56 Å². The van der Waals surface area contributed by atoms with E-state index in [1.165, 1.54) is 0 Å². The van der Waals surface area contributed by atoms with Gasteiger partial charge in [-0.15, -0.1) is 0 Å². The van der Waals surface area contributed by atoms with Gasteiger partial charge in [0.2, 0.25) is 0 Å². The molecule has 0 radical (unpaired) electrons. The molecule has 0 bridgehead atoms. The summed E-state index contributed by atoms with van der Waals surface area (Å²) in [5.41, 5.74) is 4.90. The number of phenols is 1. The number of allylic oxidation sites excluding steroid dienone is 4. The molecule has 98 valence electrons. The third-order valence-corrected chi connectivity index (χ3v) is 2.66. The Kier molecular flexibility index (Phi) is 4.10. The molecule has 1 aliphatic rings. The fourth-order valence-corrected chi connectivity index (χ4v) is 1.65. The standard InChI is InChI=1S/C14H15N3O2/c15-11-3-1-2-4-12(11)16-17-13-9-10(7-8-18)5-6-14(13)19/h1-6,9,15,17-19H,7-8H2/b15-11?,16-12-. The molecule has 0 fully saturated rings. The SMILES string of the molecule is N=C1C=CC=C/C1=N/Nc1cc(CCO)ccc1O. The minimum absolute atomic E-state index is 0.0525. The van der Waals surface area contributed by atoms with Crippen molar-refractivity contribution in [3.63, 3.8) is 0 Å². The first kappa shape index (κ1) is 13.0. The van der Waals surface area contributed by atoms with E-state index >= 15 is 0 Å². The third-order valence-electron chi connectivity index (χ3n) is 2.66. The summed E-state index contributed by atoms with van der Waals surface area (Å²) >= 11 is 0. The number of aromatic hydroxyl groups is 1. The molecular weight excluding hydrogens is 242 g/mol. The fourth-order valence-electron chi connectivity index (χ4n) is 1.65. The van der Waals surface area contributed by atoms with Gasteiger partial charge in [0.25, 0.3) is 0 Å². The average Bonchev–Trinajstić information content (AvgIpc) is 2.41. The van der Waals surface area contributed by atoms with Crippen LogP contribution >= 0.6 is 0 Å². The quantitative estimate of drug-likeness (QED) is 0.377. The predicted octanol–water partition coefficient (Wildman–Crippen LogP) is 1.84. The number of aliphatic hydroxyl groups excluding tert-OH is 1. The number of anilines is 1. The van der Waals surface area contributed by atoms with Crippen LogP contribution in [0.4, 0.5) is 5.69 Å². The van der Waals surface area contributed by atoms with Gasteiger partial charge in [0, 0.05) is 6.61 Å². The first-order valence-corrected chi connectivity index (χ1v) is 5.91. The van der Waals surface area contributed by atoms with Gasteiger partial charge >= 0.3 is 0 Å². The Morgan fingerprint density at radius 1 is 1.21 bits per heavy atom. The number of aliphatic hydroxyl groups is 1. The van der Waals surface area contributed by atoms with E-state index in [1.54, 1.807) is 42.5 Å². The molecule has 0 atom stereocenters. The Bertz CT molecular complexity index is 574. The summed E-state index contributed by atoms with van der Waals surface area (Å²) < 4.78 is 0. The van der Waals surface area contributed by atoms with Crippen LogP contribution in [-0.2, 0) is 6.42 Å². The molecule has 1 aromatic rings. The van der Waals surface area contributed by atoms with Crippen LogP contribution in [0.5, 0.6) is 5.75 Å². The van der Waals surface area contributed by atoms with Crippen LogP contribution in [0.2, 0.25) is 0 Å². The molecule has 0 saturated heterocycles. The Morgan fingerprint density at radius 3 is 2.74 bits per heavy atom. The second-order valence-electron chi connectivity index (χ2n) is 4.07. The van der Waals surface area contributed by atoms with Crippen LogP contribution in [0.25, 0.3) is 0 Å². The molecule has 0 unspecified atom stereocenters. The Labute approximate surface area is 111 Å². The van der Waals surface area contributed by atoms with Gasteiger partial charge in [-0.3, -0.25) is 10.8 Å². The monoisotopic (exact) mass is 257 g/mol. The van der Waals surface area contributed by atoms with E-state index < -0.39 is 0 Å². The van der Waals surface area contributed by atoms with Gasteiger partial charge < -0.3 is 10.2 Å². The lowest BCUT2D eigenvalue weighted by Crippen LogP contribution is -2.11. The molecule has 1 aromatic carbocycles. The largest absolute Gasteiger partial charge is 0.506 e. The molecule has 2 rings (SSSR count). The summed E-state index contributed by atoms with van der Waals surface area (Å²) in [7, 11) is 0. The van der Waals surface area contributed by atoms with E-state index in [9.17, 15) is 5.11 Å². The summed E-state index contributed by atoms with van der Waals surface area (Å²) in [5.74, 6) is 0.0768. The van der Waals surface area contributed by atoms with E-state index in [0.717, 1.165) is 5.56 Å². The molecule has 0 saturated carbocycles. The molecule has 0 aliphatic heterocycles. The molecule has 1 aliphatic carbocycles. The van der Waals surface area contributed by atoms with Crippen molar-refractivity contribution in [1.29, 1.82) is 5.41 Å². The maximum Gasteiger partial charge on any atom is 0.140 e. The zero-order valence-electron chi connectivity index (χ0n) is 10.3. The van der Waals surface area contributed by atoms with E-state index in [2.05, 4.69) is 10.5 Å². The van der Waals surface area contributed by atoms with E-state index in [0.29, 0.717) is 23.5 Å². The molecule has 0 amide bonds. The van der Waals surface area contributed by atoms with Crippen molar-refractivity contribution >= 4 is 17.1 Å². The first-order valence-electron chi connectivity index (χ1n) is 5.91. The molecule has 19 heavy (non-hydrogen) atoms. The van der Waals surface area contributed by atoms with E-state index in [4.69, 9.17) is 10.5 Å². The van der Waals surface area contributed by atoms with Crippen molar-refractivity contribution < 1.29 is 10.2 Å². The van der Waals surface area contributed by atoms with Gasteiger partial charge in [-0.05, 0) is 36.3 Å². The van der Waals surface area contributed by atoms with Crippen LogP contribution in [0.15, 0.2) is 47.6 Å². The van der Waals surface area contributed by atoms with Crippen molar-refractivity contribution in [2.24, 2.45) is 5.10 Å². The second kappa shape index (κ2) is 5.97. The lowest BCUT2D eigenvalue weighted by molar-refractivity contribution is 0.299. The maximum absolute atomic E-state index is 9.72. The summed E-state index contributed by atoms with van der Waals surface area (Å²) in [4.78, 5) is 0. The summed E-state index contributed by atoms with van der Waals surface area (Å²) in [5, 5.41) is 30.4. The predicted molar refractivity (Wildman–Crippen MR) is 76.0 cm³/mol. The van der Waals surface area contributed by atoms with Gasteiger partial charge in [0.15, 0.2) is 0 Å². The molecule has 5 nitrogen and oxygen atoms in total. The van der Waals surface area contributed by atoms with Crippen LogP contribution in [0, 0.1) is 5.41 Å². The zero-order valence-corrected chi connectivity index (χ0v) is 10.3. The van der Waals surface area contributed by atoms with Crippen LogP contribution in [-0.4, -0.2) is 28.2 Å². The molecule has 0 heterocycles. The Morgan fingerprint density at radius 2 is 2.00 bits per heavy atom. The van der Waals surface area contributed by atoms with Crippen molar-refractivity contribution in [3.8, 4) is 5.75 Å². The minimum Gasteiger partial charge on any atom is -0.506 e. The highest BCUT2D eigenvalue weighted by Gasteiger charge is 2.05. The first-order chi connectivity index (χ1) is 9.20. The number of hydrazone groups is 1. The normalized spacial score (nSPS) is 16.1. The molecular formula is C14H15N3O2. The minimum atomic E-state index is 0.0525. The highest BCUT2D eigenvalue weighted by Crippen LogP contribution is 2.24. The van der Waals surface area contributed by atoms with Crippen molar-refractivity contribution in [2.75, 3.05) is 12.0 Å². The van der Waals surface area contributed by atoms with Gasteiger partial charge in [-0.1, -0.05) is 18.2 Å². The lowest BCUT2D eigenvalue weighted by atomic mass is 10.1. The highest BCUT2D eigenvalue weighted by atomic mass is 16.3. The number of nitrogens with zero attached hydrogens (tertiary/aromatic N) is 1. The van der Waals surface area contributed by atoms with Crippen molar-refractivity contribution in [1.82, 2.24) is 0 Å². The van der Waals surface area contributed by atoms with Crippen LogP contribution < -0.4 is 5.43 Å². The van der Waals surface area contributed by atoms with Crippen molar-refractivity contribution in [2.45, 2.75) is 6.42 Å². The smallest absolute Gasteiger partial charge is 0.140 e. The second-order valence-corrected chi connectivity index (χ2v) is 4.07. The topological polar surface area (TPSA) is 88.7 Å². The fraction of sp³-hybridized carbons (Fsp3) is 0.143. The number of hydrogen-bond acceptors (Lipinski definition) is 5. The molecule has 0 spiro atoms. The van der Waals surface area contributed by atoms with E-state index in [-0.39, 0.29) is 12.4 Å². The zero-order chi connectivity index (χ0) is 13.7. The van der Waals surface area contributed by atoms with Crippen molar-refractivity contribution in [3.05, 3.63) is 48.1 Å². The van der Waals surface area contributed by atoms with Gasteiger partial charge in [-0.2, -0.15) is 5.10 Å². The molecule has 5 heteroatoms. The third kappa shape index (κ3) is 3.29. The van der Waals surface area contributed by atoms with Gasteiger partial charge in [0.05, 0.1) is 11.4 Å². The number of benzene rings is 1. The van der Waals surface area contributed by atoms with E-state index in [1.807, 2.05) is 0 Å². The van der Waals surface area contributed by atoms with Gasteiger partial charge in [-0.25, -0.2) is 0 Å². The maximum atomic E-state index is 9.72. The van der Waals surface area contributed by atoms with Crippen LogP contribution in [0.3, 0.4) is 0 Å². The summed E-state index contributed by atoms with van der Waals surface area (Å²) in [6.45, 7) is 0.0525. The number of hydrogen-bond donors (Lipinski definition) is 4. The number of phenolic OH excluding ortho intramolecular Hbond substituents is 1. The number of nitrogens with one attached hydrogen (secondary N) is 2. The summed E-state index contributed by atoms with van der Waals surface area (Å²) in [6.07, 6.45) is 7.43. The number of rotatable bonds is 4. The highest BCUT2D eigenvalue weighted by molar-refractivity contribution is 6.50. The Hall–Kier alpha value is -2.40. The van der Waals surface area contributed by atoms with Gasteiger partial charge in [0.1, 0.15) is 11.5 Å². The molecule has 4 N–H and O–H groups in total. The summed E-state index contributed by atoms with van der Waals surface area (Å²) in [6, 6.07) is 5.02.